The molecular weight excluding hydrogens is 257 g/mol. The molecule has 1 rings (SSSR count). The summed E-state index contributed by atoms with van der Waals surface area (Å²) in [5.74, 6) is -0.348. The molecule has 0 aliphatic rings. The van der Waals surface area contributed by atoms with E-state index in [1.54, 1.807) is 0 Å². The van der Waals surface area contributed by atoms with Gasteiger partial charge < -0.3 is 11.1 Å². The number of carbonyl (C=O) groups excluding carboxylic acids is 1. The molecule has 0 aromatic heterocycles. The van der Waals surface area contributed by atoms with Gasteiger partial charge in [0.25, 0.3) is 0 Å². The zero-order valence-electron chi connectivity index (χ0n) is 10.6. The largest absolute Gasteiger partial charge is 0.416 e. The highest BCUT2D eigenvalue weighted by molar-refractivity contribution is 5.81. The molecule has 0 radical (unpaired) electrons. The van der Waals surface area contributed by atoms with Gasteiger partial charge in [0.1, 0.15) is 0 Å². The molecule has 0 unspecified atom stereocenters. The second kappa shape index (κ2) is 6.56. The topological polar surface area (TPSA) is 55.1 Å². The first-order chi connectivity index (χ1) is 8.84. The molecule has 0 aliphatic heterocycles. The van der Waals surface area contributed by atoms with E-state index in [0.717, 1.165) is 18.6 Å². The third kappa shape index (κ3) is 4.90. The van der Waals surface area contributed by atoms with Gasteiger partial charge in [-0.05, 0) is 24.1 Å². The minimum Gasteiger partial charge on any atom is -0.351 e. The highest BCUT2D eigenvalue weighted by Crippen LogP contribution is 2.29. The minimum absolute atomic E-state index is 0.0418. The number of amides is 1. The van der Waals surface area contributed by atoms with Crippen LogP contribution in [-0.2, 0) is 17.5 Å². The van der Waals surface area contributed by atoms with Gasteiger partial charge in [-0.25, -0.2) is 0 Å². The first kappa shape index (κ1) is 15.5. The fourth-order valence-corrected chi connectivity index (χ4v) is 1.62. The van der Waals surface area contributed by atoms with Gasteiger partial charge in [0.05, 0.1) is 11.6 Å². The number of hydrogen-bond acceptors (Lipinski definition) is 2. The summed E-state index contributed by atoms with van der Waals surface area (Å²) in [5.41, 5.74) is 5.27. The Morgan fingerprint density at radius 2 is 2.11 bits per heavy atom. The van der Waals surface area contributed by atoms with Crippen molar-refractivity contribution < 1.29 is 18.0 Å². The molecule has 0 fully saturated rings. The van der Waals surface area contributed by atoms with Crippen molar-refractivity contribution in [3.63, 3.8) is 0 Å². The van der Waals surface area contributed by atoms with Gasteiger partial charge >= 0.3 is 6.18 Å². The molecule has 0 saturated heterocycles. The average molecular weight is 274 g/mol. The van der Waals surface area contributed by atoms with Crippen molar-refractivity contribution in [2.45, 2.75) is 38.5 Å². The van der Waals surface area contributed by atoms with E-state index in [2.05, 4.69) is 5.32 Å². The number of rotatable bonds is 5. The molecular formula is C13H17F3N2O. The zero-order chi connectivity index (χ0) is 14.5. The summed E-state index contributed by atoms with van der Waals surface area (Å²) in [4.78, 5) is 11.5. The van der Waals surface area contributed by atoms with Gasteiger partial charge in [-0.2, -0.15) is 13.2 Å². The van der Waals surface area contributed by atoms with Gasteiger partial charge in [-0.15, -0.1) is 0 Å². The smallest absolute Gasteiger partial charge is 0.351 e. The number of nitrogens with one attached hydrogen (secondary N) is 1. The molecule has 6 heteroatoms. The van der Waals surface area contributed by atoms with E-state index in [1.165, 1.54) is 12.1 Å². The van der Waals surface area contributed by atoms with Crippen LogP contribution >= 0.6 is 0 Å². The SMILES string of the molecule is CCC[C@@H](N)C(=O)NCc1cccc(C(F)(F)F)c1. The van der Waals surface area contributed by atoms with E-state index in [1.807, 2.05) is 6.92 Å². The Morgan fingerprint density at radius 3 is 2.68 bits per heavy atom. The maximum absolute atomic E-state index is 12.5. The normalized spacial score (nSPS) is 13.1. The van der Waals surface area contributed by atoms with E-state index >= 15 is 0 Å². The summed E-state index contributed by atoms with van der Waals surface area (Å²) < 4.78 is 37.5. The van der Waals surface area contributed by atoms with Crippen LogP contribution in [0, 0.1) is 0 Å². The quantitative estimate of drug-likeness (QED) is 0.866. The Hall–Kier alpha value is -1.56. The lowest BCUT2D eigenvalue weighted by atomic mass is 10.1. The molecule has 3 nitrogen and oxygen atoms in total. The number of hydrogen-bond donors (Lipinski definition) is 2. The molecule has 1 aromatic carbocycles. The molecule has 0 aliphatic carbocycles. The van der Waals surface area contributed by atoms with Gasteiger partial charge in [0, 0.05) is 6.54 Å². The summed E-state index contributed by atoms with van der Waals surface area (Å²) in [6, 6.07) is 4.24. The monoisotopic (exact) mass is 274 g/mol. The van der Waals surface area contributed by atoms with Crippen molar-refractivity contribution in [3.8, 4) is 0 Å². The lowest BCUT2D eigenvalue weighted by Crippen LogP contribution is -2.40. The van der Waals surface area contributed by atoms with Crippen LogP contribution in [0.5, 0.6) is 0 Å². The van der Waals surface area contributed by atoms with E-state index in [-0.39, 0.29) is 12.5 Å². The number of benzene rings is 1. The van der Waals surface area contributed by atoms with Crippen LogP contribution in [0.25, 0.3) is 0 Å². The summed E-state index contributed by atoms with van der Waals surface area (Å²) in [7, 11) is 0. The Bertz CT molecular complexity index is 432. The summed E-state index contributed by atoms with van der Waals surface area (Å²) in [6.07, 6.45) is -3.05. The van der Waals surface area contributed by atoms with Crippen LogP contribution in [0.2, 0.25) is 0 Å². The zero-order valence-corrected chi connectivity index (χ0v) is 10.6. The Morgan fingerprint density at radius 1 is 1.42 bits per heavy atom. The van der Waals surface area contributed by atoms with Crippen LogP contribution in [0.4, 0.5) is 13.2 Å². The minimum atomic E-state index is -4.38. The molecule has 0 heterocycles. The first-order valence-corrected chi connectivity index (χ1v) is 6.04. The maximum atomic E-state index is 12.5. The highest BCUT2D eigenvalue weighted by atomic mass is 19.4. The van der Waals surface area contributed by atoms with Crippen LogP contribution in [0.3, 0.4) is 0 Å². The third-order valence-electron chi connectivity index (χ3n) is 2.66. The van der Waals surface area contributed by atoms with Gasteiger partial charge in [-0.1, -0.05) is 25.5 Å². The predicted octanol–water partition coefficient (Wildman–Crippen LogP) is 2.45. The number of halogens is 3. The molecule has 0 saturated carbocycles. The number of carbonyl (C=O) groups is 1. The van der Waals surface area contributed by atoms with Crippen molar-refractivity contribution in [2.75, 3.05) is 0 Å². The average Bonchev–Trinajstić information content (AvgIpc) is 2.35. The maximum Gasteiger partial charge on any atom is 0.416 e. The van der Waals surface area contributed by atoms with E-state index in [9.17, 15) is 18.0 Å². The van der Waals surface area contributed by atoms with Crippen molar-refractivity contribution in [1.82, 2.24) is 5.32 Å². The van der Waals surface area contributed by atoms with Crippen molar-refractivity contribution in [1.29, 1.82) is 0 Å². The standard InChI is InChI=1S/C13H17F3N2O/c1-2-4-11(17)12(19)18-8-9-5-3-6-10(7-9)13(14,15)16/h3,5-7,11H,2,4,8,17H2,1H3,(H,18,19)/t11-/m1/s1. The van der Waals surface area contributed by atoms with Crippen LogP contribution in [0.15, 0.2) is 24.3 Å². The van der Waals surface area contributed by atoms with Crippen molar-refractivity contribution in [3.05, 3.63) is 35.4 Å². The second-order valence-electron chi connectivity index (χ2n) is 4.31. The molecule has 1 amide bonds. The van der Waals surface area contributed by atoms with Crippen LogP contribution < -0.4 is 11.1 Å². The molecule has 19 heavy (non-hydrogen) atoms. The first-order valence-electron chi connectivity index (χ1n) is 6.04. The van der Waals surface area contributed by atoms with Gasteiger partial charge in [0.15, 0.2) is 0 Å². The second-order valence-corrected chi connectivity index (χ2v) is 4.31. The molecule has 1 atom stereocenters. The molecule has 3 N–H and O–H groups in total. The van der Waals surface area contributed by atoms with E-state index < -0.39 is 17.8 Å². The lowest BCUT2D eigenvalue weighted by Gasteiger charge is -2.12. The molecule has 0 bridgehead atoms. The van der Waals surface area contributed by atoms with Crippen LogP contribution in [-0.4, -0.2) is 11.9 Å². The molecule has 106 valence electrons. The van der Waals surface area contributed by atoms with Gasteiger partial charge in [0.2, 0.25) is 5.91 Å². The highest BCUT2D eigenvalue weighted by Gasteiger charge is 2.30. The summed E-state index contributed by atoms with van der Waals surface area (Å²) in [6.45, 7) is 1.94. The number of alkyl halides is 3. The Balaban J connectivity index is 2.61. The number of nitrogens with two attached hydrogens (primary N) is 1. The third-order valence-corrected chi connectivity index (χ3v) is 2.66. The van der Waals surface area contributed by atoms with Crippen LogP contribution in [0.1, 0.15) is 30.9 Å². The molecule has 1 aromatic rings. The Labute approximate surface area is 110 Å². The van der Waals surface area contributed by atoms with E-state index in [4.69, 9.17) is 5.73 Å². The lowest BCUT2D eigenvalue weighted by molar-refractivity contribution is -0.137. The van der Waals surface area contributed by atoms with Crippen molar-refractivity contribution >= 4 is 5.91 Å². The Kier molecular flexibility index (Phi) is 5.35. The van der Waals surface area contributed by atoms with Gasteiger partial charge in [-0.3, -0.25) is 4.79 Å². The fourth-order valence-electron chi connectivity index (χ4n) is 1.62. The summed E-state index contributed by atoms with van der Waals surface area (Å²) in [5, 5.41) is 2.53. The fraction of sp³-hybridized carbons (Fsp3) is 0.462. The predicted molar refractivity (Wildman–Crippen MR) is 66.2 cm³/mol. The molecule has 0 spiro atoms. The van der Waals surface area contributed by atoms with E-state index in [0.29, 0.717) is 12.0 Å². The van der Waals surface area contributed by atoms with Crippen molar-refractivity contribution in [2.24, 2.45) is 5.73 Å². The summed E-state index contributed by atoms with van der Waals surface area (Å²) >= 11 is 0.